The van der Waals surface area contributed by atoms with Gasteiger partial charge >= 0.3 is 0 Å². The largest absolute Gasteiger partial charge is 0.611 e. The monoisotopic (exact) mass is 322 g/mol. The van der Waals surface area contributed by atoms with Gasteiger partial charge in [0.2, 0.25) is 0 Å². The smallest absolute Gasteiger partial charge is 0.148 e. The van der Waals surface area contributed by atoms with Gasteiger partial charge in [-0.25, -0.2) is 4.98 Å². The molecule has 2 heterocycles. The Labute approximate surface area is 138 Å². The highest BCUT2D eigenvalue weighted by molar-refractivity contribution is 7.95. The number of hydrogen-bond acceptors (Lipinski definition) is 2. The molecule has 0 bridgehead atoms. The lowest BCUT2D eigenvalue weighted by Gasteiger charge is -2.16. The van der Waals surface area contributed by atoms with E-state index in [4.69, 9.17) is 0 Å². The third kappa shape index (κ3) is 2.48. The maximum atomic E-state index is 12.2. The van der Waals surface area contributed by atoms with E-state index in [1.165, 1.54) is 16.5 Å². The van der Waals surface area contributed by atoms with Gasteiger partial charge in [-0.2, -0.15) is 0 Å². The predicted molar refractivity (Wildman–Crippen MR) is 97.6 cm³/mol. The van der Waals surface area contributed by atoms with Crippen LogP contribution in [-0.4, -0.2) is 20.3 Å². The second-order valence-corrected chi connectivity index (χ2v) is 7.44. The highest BCUT2D eigenvalue weighted by Crippen LogP contribution is 2.36. The fraction of sp³-hybridized carbons (Fsp3) is 0.211. The molecule has 0 saturated carbocycles. The summed E-state index contributed by atoms with van der Waals surface area (Å²) in [5.74, 6) is 0.664. The fourth-order valence-corrected chi connectivity index (χ4v) is 4.17. The number of H-pyrrole nitrogens is 1. The highest BCUT2D eigenvalue weighted by atomic mass is 32.2. The number of aromatic nitrogens is 2. The zero-order valence-electron chi connectivity index (χ0n) is 13.0. The summed E-state index contributed by atoms with van der Waals surface area (Å²) >= 11 is -0.895. The Morgan fingerprint density at radius 2 is 2.17 bits per heavy atom. The summed E-state index contributed by atoms with van der Waals surface area (Å²) < 4.78 is 12.2. The molecule has 0 saturated heterocycles. The van der Waals surface area contributed by atoms with Gasteiger partial charge in [0.1, 0.15) is 16.3 Å². The summed E-state index contributed by atoms with van der Waals surface area (Å²) in [5, 5.41) is 2.36. The average molecular weight is 322 g/mol. The van der Waals surface area contributed by atoms with Crippen molar-refractivity contribution in [1.82, 2.24) is 9.97 Å². The van der Waals surface area contributed by atoms with Crippen LogP contribution in [0.15, 0.2) is 53.6 Å². The Morgan fingerprint density at radius 1 is 1.26 bits per heavy atom. The third-order valence-corrected chi connectivity index (χ3v) is 5.68. The van der Waals surface area contributed by atoms with Crippen molar-refractivity contribution >= 4 is 38.7 Å². The summed E-state index contributed by atoms with van der Waals surface area (Å²) in [6.07, 6.45) is 7.97. The van der Waals surface area contributed by atoms with Crippen molar-refractivity contribution in [1.29, 1.82) is 0 Å². The van der Waals surface area contributed by atoms with Gasteiger partial charge in [0.15, 0.2) is 0 Å². The normalized spacial score (nSPS) is 16.4. The zero-order chi connectivity index (χ0) is 15.8. The number of pyridine rings is 1. The van der Waals surface area contributed by atoms with Gasteiger partial charge in [0, 0.05) is 22.5 Å². The molecular weight excluding hydrogens is 304 g/mol. The topological polar surface area (TPSA) is 51.7 Å². The molecule has 1 aliphatic carbocycles. The Balaban J connectivity index is 1.92. The quantitative estimate of drug-likeness (QED) is 0.719. The molecule has 1 atom stereocenters. The van der Waals surface area contributed by atoms with E-state index in [9.17, 15) is 4.55 Å². The molecule has 0 aliphatic heterocycles. The van der Waals surface area contributed by atoms with Gasteiger partial charge in [0.25, 0.3) is 0 Å². The fourth-order valence-electron chi connectivity index (χ4n) is 3.26. The molecule has 0 radical (unpaired) electrons. The van der Waals surface area contributed by atoms with Crippen molar-refractivity contribution in [2.45, 2.75) is 19.8 Å². The van der Waals surface area contributed by atoms with Crippen LogP contribution in [0.3, 0.4) is 0 Å². The molecule has 0 spiro atoms. The van der Waals surface area contributed by atoms with E-state index in [1.54, 1.807) is 0 Å². The molecule has 0 amide bonds. The third-order valence-electron chi connectivity index (χ3n) is 4.34. The lowest BCUT2D eigenvalue weighted by Crippen LogP contribution is -2.07. The number of aromatic amines is 1. The second kappa shape index (κ2) is 5.87. The van der Waals surface area contributed by atoms with Crippen molar-refractivity contribution in [2.75, 3.05) is 5.75 Å². The molecule has 0 fully saturated rings. The van der Waals surface area contributed by atoms with Gasteiger partial charge in [-0.3, -0.25) is 0 Å². The van der Waals surface area contributed by atoms with Crippen LogP contribution in [0.5, 0.6) is 0 Å². The SMILES string of the molecule is CC[S+]([O-])C1=CCCC(c2cccc3[nH]c4ncccc4c23)=C1. The number of nitrogens with zero attached hydrogens (tertiary/aromatic N) is 1. The minimum atomic E-state index is -0.895. The Kier molecular flexibility index (Phi) is 3.71. The molecule has 4 heteroatoms. The number of fused-ring (bicyclic) bond motifs is 3. The van der Waals surface area contributed by atoms with E-state index in [1.807, 2.05) is 19.2 Å². The van der Waals surface area contributed by atoms with Gasteiger partial charge in [-0.1, -0.05) is 12.1 Å². The number of benzene rings is 1. The van der Waals surface area contributed by atoms with E-state index in [2.05, 4.69) is 46.4 Å². The van der Waals surface area contributed by atoms with Crippen molar-refractivity contribution in [3.05, 3.63) is 59.1 Å². The highest BCUT2D eigenvalue weighted by Gasteiger charge is 2.18. The molecule has 3 nitrogen and oxygen atoms in total. The van der Waals surface area contributed by atoms with Crippen LogP contribution in [0.25, 0.3) is 27.5 Å². The lowest BCUT2D eigenvalue weighted by molar-refractivity contribution is 0.602. The molecule has 1 unspecified atom stereocenters. The summed E-state index contributed by atoms with van der Waals surface area (Å²) in [6, 6.07) is 10.4. The minimum Gasteiger partial charge on any atom is -0.611 e. The predicted octanol–water partition coefficient (Wildman–Crippen LogP) is 4.55. The first kappa shape index (κ1) is 14.5. The van der Waals surface area contributed by atoms with Crippen LogP contribution in [0.2, 0.25) is 0 Å². The number of rotatable bonds is 3. The minimum absolute atomic E-state index is 0.664. The maximum absolute atomic E-state index is 12.2. The van der Waals surface area contributed by atoms with E-state index < -0.39 is 11.2 Å². The Bertz CT molecular complexity index is 939. The first-order valence-electron chi connectivity index (χ1n) is 7.93. The van der Waals surface area contributed by atoms with Gasteiger partial charge in [0.05, 0.1) is 0 Å². The van der Waals surface area contributed by atoms with Crippen molar-refractivity contribution in [3.8, 4) is 0 Å². The summed E-state index contributed by atoms with van der Waals surface area (Å²) in [5.41, 5.74) is 4.50. The summed E-state index contributed by atoms with van der Waals surface area (Å²) in [4.78, 5) is 8.78. The first-order chi connectivity index (χ1) is 11.3. The summed E-state index contributed by atoms with van der Waals surface area (Å²) in [6.45, 7) is 1.96. The molecule has 4 rings (SSSR count). The van der Waals surface area contributed by atoms with E-state index >= 15 is 0 Å². The number of allylic oxidation sites excluding steroid dienone is 3. The average Bonchev–Trinajstić information content (AvgIpc) is 2.99. The molecule has 1 aromatic carbocycles. The second-order valence-electron chi connectivity index (χ2n) is 5.70. The Hall–Kier alpha value is -2.04. The Morgan fingerprint density at radius 3 is 3.04 bits per heavy atom. The molecule has 116 valence electrons. The van der Waals surface area contributed by atoms with Gasteiger partial charge < -0.3 is 9.54 Å². The lowest BCUT2D eigenvalue weighted by atomic mass is 9.94. The molecule has 2 aromatic heterocycles. The molecule has 1 N–H and O–H groups in total. The van der Waals surface area contributed by atoms with E-state index in [0.717, 1.165) is 34.3 Å². The van der Waals surface area contributed by atoms with Crippen LogP contribution in [-0.2, 0) is 11.2 Å². The summed E-state index contributed by atoms with van der Waals surface area (Å²) in [7, 11) is 0. The number of nitrogens with one attached hydrogen (secondary N) is 1. The number of hydrogen-bond donors (Lipinski definition) is 1. The van der Waals surface area contributed by atoms with Crippen LogP contribution in [0, 0.1) is 0 Å². The maximum Gasteiger partial charge on any atom is 0.148 e. The standard InChI is InChI=1S/C19H18N2OS/c1-2-23(22)14-7-3-6-13(12-14)15-8-4-10-17-18(15)16-9-5-11-20-19(16)21-17/h4-5,7-12H,2-3,6H2,1H3,(H,20,21). The van der Waals surface area contributed by atoms with Gasteiger partial charge in [-0.05, 0) is 72.4 Å². The van der Waals surface area contributed by atoms with Gasteiger partial charge in [-0.15, -0.1) is 0 Å². The van der Waals surface area contributed by atoms with Crippen molar-refractivity contribution in [3.63, 3.8) is 0 Å². The van der Waals surface area contributed by atoms with Crippen molar-refractivity contribution in [2.24, 2.45) is 0 Å². The molecule has 3 aromatic rings. The van der Waals surface area contributed by atoms with Crippen LogP contribution >= 0.6 is 0 Å². The van der Waals surface area contributed by atoms with Crippen LogP contribution < -0.4 is 0 Å². The molecular formula is C19H18N2OS. The molecule has 1 aliphatic rings. The zero-order valence-corrected chi connectivity index (χ0v) is 13.8. The molecule has 23 heavy (non-hydrogen) atoms. The van der Waals surface area contributed by atoms with Crippen molar-refractivity contribution < 1.29 is 4.55 Å². The first-order valence-corrected chi connectivity index (χ1v) is 9.24. The van der Waals surface area contributed by atoms with Crippen LogP contribution in [0.1, 0.15) is 25.3 Å². The van der Waals surface area contributed by atoms with E-state index in [-0.39, 0.29) is 0 Å². The van der Waals surface area contributed by atoms with Crippen LogP contribution in [0.4, 0.5) is 0 Å². The van der Waals surface area contributed by atoms with E-state index in [0.29, 0.717) is 5.75 Å².